The van der Waals surface area contributed by atoms with Gasteiger partial charge in [0.05, 0.1) is 7.11 Å². The van der Waals surface area contributed by atoms with Crippen molar-refractivity contribution in [2.45, 2.75) is 13.5 Å². The van der Waals surface area contributed by atoms with Crippen molar-refractivity contribution in [3.05, 3.63) is 66.2 Å². The first-order chi connectivity index (χ1) is 10.1. The second kappa shape index (κ2) is 6.75. The first kappa shape index (κ1) is 14.9. The predicted molar refractivity (Wildman–Crippen MR) is 83.0 cm³/mol. The number of benzene rings is 2. The quantitative estimate of drug-likeness (QED) is 0.614. The van der Waals surface area contributed by atoms with Gasteiger partial charge in [-0.3, -0.25) is 0 Å². The fourth-order valence-corrected chi connectivity index (χ4v) is 1.85. The van der Waals surface area contributed by atoms with E-state index in [-0.39, 0.29) is 12.6 Å². The van der Waals surface area contributed by atoms with Gasteiger partial charge in [0.25, 0.3) is 0 Å². The van der Waals surface area contributed by atoms with Crippen LogP contribution in [0.2, 0.25) is 0 Å². The number of hydrogen-bond donors (Lipinski definition) is 0. The molecule has 0 aromatic heterocycles. The lowest BCUT2D eigenvalue weighted by Crippen LogP contribution is -2.04. The van der Waals surface area contributed by atoms with Crippen LogP contribution in [0.1, 0.15) is 12.5 Å². The summed E-state index contributed by atoms with van der Waals surface area (Å²) >= 11 is 0. The van der Waals surface area contributed by atoms with Gasteiger partial charge in [-0.05, 0) is 35.7 Å². The smallest absolute Gasteiger partial charge is 0.333 e. The second-order valence-corrected chi connectivity index (χ2v) is 4.78. The molecule has 2 aromatic rings. The van der Waals surface area contributed by atoms with Crippen LogP contribution < -0.4 is 4.74 Å². The highest BCUT2D eigenvalue weighted by molar-refractivity contribution is 5.86. The number of rotatable bonds is 5. The average molecular weight is 282 g/mol. The number of esters is 1. The van der Waals surface area contributed by atoms with E-state index in [1.165, 1.54) is 0 Å². The molecule has 3 heteroatoms. The molecule has 0 heterocycles. The predicted octanol–water partition coefficient (Wildman–Crippen LogP) is 3.98. The Bertz CT molecular complexity index is 625. The zero-order valence-corrected chi connectivity index (χ0v) is 12.3. The first-order valence-electron chi connectivity index (χ1n) is 6.66. The molecule has 0 unspecified atom stereocenters. The van der Waals surface area contributed by atoms with Gasteiger partial charge in [0.1, 0.15) is 12.4 Å². The molecule has 0 bridgehead atoms. The van der Waals surface area contributed by atoms with E-state index in [2.05, 4.69) is 6.58 Å². The normalized spacial score (nSPS) is 10.0. The fraction of sp³-hybridized carbons (Fsp3) is 0.167. The Morgan fingerprint density at radius 2 is 1.52 bits per heavy atom. The maximum absolute atomic E-state index is 11.3. The third-order valence-electron chi connectivity index (χ3n) is 3.10. The van der Waals surface area contributed by atoms with Crippen LogP contribution in [0.4, 0.5) is 0 Å². The van der Waals surface area contributed by atoms with Gasteiger partial charge in [0.2, 0.25) is 0 Å². The van der Waals surface area contributed by atoms with Crippen LogP contribution in [0.15, 0.2) is 60.7 Å². The summed E-state index contributed by atoms with van der Waals surface area (Å²) in [4.78, 5) is 11.3. The molecule has 108 valence electrons. The summed E-state index contributed by atoms with van der Waals surface area (Å²) in [6.07, 6.45) is 0. The van der Waals surface area contributed by atoms with E-state index in [0.717, 1.165) is 22.4 Å². The molecule has 2 rings (SSSR count). The van der Waals surface area contributed by atoms with E-state index in [4.69, 9.17) is 9.47 Å². The van der Waals surface area contributed by atoms with Crippen molar-refractivity contribution in [3.63, 3.8) is 0 Å². The molecule has 0 saturated carbocycles. The van der Waals surface area contributed by atoms with E-state index in [1.807, 2.05) is 48.5 Å². The van der Waals surface area contributed by atoms with E-state index in [9.17, 15) is 4.79 Å². The maximum Gasteiger partial charge on any atom is 0.333 e. The van der Waals surface area contributed by atoms with Crippen molar-refractivity contribution >= 4 is 5.97 Å². The number of carbonyl (C=O) groups is 1. The first-order valence-corrected chi connectivity index (χ1v) is 6.66. The van der Waals surface area contributed by atoms with Crippen LogP contribution in [0.5, 0.6) is 5.75 Å². The third kappa shape index (κ3) is 3.96. The van der Waals surface area contributed by atoms with Crippen LogP contribution in [-0.2, 0) is 16.1 Å². The van der Waals surface area contributed by atoms with Gasteiger partial charge in [-0.1, -0.05) is 43.0 Å². The Labute approximate surface area is 124 Å². The number of hydrogen-bond acceptors (Lipinski definition) is 3. The Balaban J connectivity index is 2.04. The molecular weight excluding hydrogens is 264 g/mol. The van der Waals surface area contributed by atoms with Gasteiger partial charge < -0.3 is 9.47 Å². The summed E-state index contributed by atoms with van der Waals surface area (Å²) in [5.74, 6) is 0.469. The zero-order chi connectivity index (χ0) is 15.2. The summed E-state index contributed by atoms with van der Waals surface area (Å²) in [7, 11) is 1.65. The number of methoxy groups -OCH3 is 1. The van der Waals surface area contributed by atoms with Crippen molar-refractivity contribution in [3.8, 4) is 16.9 Å². The highest BCUT2D eigenvalue weighted by atomic mass is 16.5. The van der Waals surface area contributed by atoms with Crippen LogP contribution in [0, 0.1) is 0 Å². The molecule has 0 radical (unpaired) electrons. The SMILES string of the molecule is C=C(C)C(=O)OCc1ccc(-c2ccc(OC)cc2)cc1. The van der Waals surface area contributed by atoms with Crippen molar-refractivity contribution < 1.29 is 14.3 Å². The Morgan fingerprint density at radius 3 is 2.00 bits per heavy atom. The Kier molecular flexibility index (Phi) is 4.77. The average Bonchev–Trinajstić information content (AvgIpc) is 2.53. The summed E-state index contributed by atoms with van der Waals surface area (Å²) in [6, 6.07) is 15.8. The van der Waals surface area contributed by atoms with Crippen molar-refractivity contribution in [1.82, 2.24) is 0 Å². The van der Waals surface area contributed by atoms with Gasteiger partial charge in [-0.25, -0.2) is 4.79 Å². The molecule has 0 spiro atoms. The Morgan fingerprint density at radius 1 is 1.00 bits per heavy atom. The molecule has 0 aliphatic rings. The van der Waals surface area contributed by atoms with Crippen molar-refractivity contribution in [2.24, 2.45) is 0 Å². The third-order valence-corrected chi connectivity index (χ3v) is 3.10. The van der Waals surface area contributed by atoms with Gasteiger partial charge in [-0.2, -0.15) is 0 Å². The van der Waals surface area contributed by atoms with Crippen LogP contribution in [-0.4, -0.2) is 13.1 Å². The lowest BCUT2D eigenvalue weighted by Gasteiger charge is -2.07. The van der Waals surface area contributed by atoms with Crippen molar-refractivity contribution in [2.75, 3.05) is 7.11 Å². The minimum absolute atomic E-state index is 0.259. The maximum atomic E-state index is 11.3. The van der Waals surface area contributed by atoms with Crippen LogP contribution >= 0.6 is 0 Å². The van der Waals surface area contributed by atoms with Crippen LogP contribution in [0.3, 0.4) is 0 Å². The summed E-state index contributed by atoms with van der Waals surface area (Å²) < 4.78 is 10.3. The van der Waals surface area contributed by atoms with Gasteiger partial charge in [0.15, 0.2) is 0 Å². The second-order valence-electron chi connectivity index (χ2n) is 4.78. The number of ether oxygens (including phenoxy) is 2. The highest BCUT2D eigenvalue weighted by Crippen LogP contribution is 2.22. The van der Waals surface area contributed by atoms with E-state index < -0.39 is 0 Å². The van der Waals surface area contributed by atoms with E-state index >= 15 is 0 Å². The van der Waals surface area contributed by atoms with E-state index in [0.29, 0.717) is 5.57 Å². The molecule has 0 saturated heterocycles. The van der Waals surface area contributed by atoms with Crippen LogP contribution in [0.25, 0.3) is 11.1 Å². The summed E-state index contributed by atoms with van der Waals surface area (Å²) in [6.45, 7) is 5.44. The molecule has 0 aliphatic heterocycles. The van der Waals surface area contributed by atoms with Gasteiger partial charge >= 0.3 is 5.97 Å². The van der Waals surface area contributed by atoms with Gasteiger partial charge in [0, 0.05) is 5.57 Å². The zero-order valence-electron chi connectivity index (χ0n) is 12.3. The molecule has 0 atom stereocenters. The van der Waals surface area contributed by atoms with E-state index in [1.54, 1.807) is 14.0 Å². The topological polar surface area (TPSA) is 35.5 Å². The summed E-state index contributed by atoms with van der Waals surface area (Å²) in [5, 5.41) is 0. The highest BCUT2D eigenvalue weighted by Gasteiger charge is 2.04. The minimum atomic E-state index is -0.366. The largest absolute Gasteiger partial charge is 0.497 e. The minimum Gasteiger partial charge on any atom is -0.497 e. The molecule has 0 N–H and O–H groups in total. The molecular formula is C18H18O3. The van der Waals surface area contributed by atoms with Crippen molar-refractivity contribution in [1.29, 1.82) is 0 Å². The monoisotopic (exact) mass is 282 g/mol. The molecule has 21 heavy (non-hydrogen) atoms. The summed E-state index contributed by atoms with van der Waals surface area (Å²) in [5.41, 5.74) is 3.57. The Hall–Kier alpha value is -2.55. The number of carbonyl (C=O) groups excluding carboxylic acids is 1. The molecule has 2 aromatic carbocycles. The molecule has 0 aliphatic carbocycles. The molecule has 3 nitrogen and oxygen atoms in total. The lowest BCUT2D eigenvalue weighted by atomic mass is 10.0. The van der Waals surface area contributed by atoms with Gasteiger partial charge in [-0.15, -0.1) is 0 Å². The lowest BCUT2D eigenvalue weighted by molar-refractivity contribution is -0.140. The standard InChI is InChI=1S/C18H18O3/c1-13(2)18(19)21-12-14-4-6-15(7-5-14)16-8-10-17(20-3)11-9-16/h4-11H,1,12H2,2-3H3. The fourth-order valence-electron chi connectivity index (χ4n) is 1.85. The molecule has 0 amide bonds. The molecule has 0 fully saturated rings.